The summed E-state index contributed by atoms with van der Waals surface area (Å²) in [6.07, 6.45) is 3.15. The van der Waals surface area contributed by atoms with Gasteiger partial charge in [0.15, 0.2) is 6.54 Å². The molecule has 27 heavy (non-hydrogen) atoms. The molecular formula is C22H29N2O3+. The van der Waals surface area contributed by atoms with Gasteiger partial charge >= 0.3 is 0 Å². The lowest BCUT2D eigenvalue weighted by Crippen LogP contribution is -3.11. The molecule has 3 rings (SSSR count). The standard InChI is InChI=1S/C22H28N2O3/c1-4-16-7-9-17(10-8-16)23-22(25)15-24-13-5-6-20(24)19-12-11-18(26-2)14-21(19)27-3/h7-12,14,20H,4-6,13,15H2,1-3H3,(H,23,25)/p+1/t20-/m1/s1. The van der Waals surface area contributed by atoms with E-state index in [4.69, 9.17) is 9.47 Å². The third kappa shape index (κ3) is 4.61. The second kappa shape index (κ2) is 8.91. The van der Waals surface area contributed by atoms with Crippen LogP contribution in [0.4, 0.5) is 5.69 Å². The molecule has 2 atom stereocenters. The molecule has 0 spiro atoms. The van der Waals surface area contributed by atoms with Crippen LogP contribution in [-0.4, -0.2) is 33.2 Å². The Morgan fingerprint density at radius 3 is 2.59 bits per heavy atom. The van der Waals surface area contributed by atoms with Crippen LogP contribution in [0, 0.1) is 0 Å². The number of hydrogen-bond acceptors (Lipinski definition) is 3. The second-order valence-electron chi connectivity index (χ2n) is 6.99. The lowest BCUT2D eigenvalue weighted by molar-refractivity contribution is -0.910. The smallest absolute Gasteiger partial charge is 0.279 e. The number of anilines is 1. The molecule has 2 aromatic carbocycles. The minimum Gasteiger partial charge on any atom is -0.497 e. The number of methoxy groups -OCH3 is 2. The number of rotatable bonds is 7. The van der Waals surface area contributed by atoms with E-state index in [0.717, 1.165) is 48.6 Å². The summed E-state index contributed by atoms with van der Waals surface area (Å²) < 4.78 is 10.9. The Morgan fingerprint density at radius 1 is 1.15 bits per heavy atom. The quantitative estimate of drug-likeness (QED) is 0.789. The predicted molar refractivity (Wildman–Crippen MR) is 107 cm³/mol. The Kier molecular flexibility index (Phi) is 6.35. The van der Waals surface area contributed by atoms with Crippen LogP contribution >= 0.6 is 0 Å². The molecule has 5 heteroatoms. The first kappa shape index (κ1) is 19.2. The third-order valence-corrected chi connectivity index (χ3v) is 5.33. The van der Waals surface area contributed by atoms with E-state index in [1.807, 2.05) is 24.3 Å². The van der Waals surface area contributed by atoms with Gasteiger partial charge in [0, 0.05) is 24.6 Å². The molecule has 0 saturated carbocycles. The molecule has 2 aromatic rings. The number of likely N-dealkylation sites (tertiary alicyclic amines) is 1. The van der Waals surface area contributed by atoms with E-state index in [-0.39, 0.29) is 11.9 Å². The Labute approximate surface area is 161 Å². The van der Waals surface area contributed by atoms with Gasteiger partial charge in [0.2, 0.25) is 0 Å². The van der Waals surface area contributed by atoms with Crippen molar-refractivity contribution in [3.05, 3.63) is 53.6 Å². The molecule has 1 unspecified atom stereocenters. The lowest BCUT2D eigenvalue weighted by atomic mass is 10.0. The maximum atomic E-state index is 12.6. The summed E-state index contributed by atoms with van der Waals surface area (Å²) in [6.45, 7) is 3.56. The van der Waals surface area contributed by atoms with Crippen molar-refractivity contribution >= 4 is 11.6 Å². The second-order valence-corrected chi connectivity index (χ2v) is 6.99. The first-order chi connectivity index (χ1) is 13.1. The highest BCUT2D eigenvalue weighted by atomic mass is 16.5. The monoisotopic (exact) mass is 369 g/mol. The zero-order chi connectivity index (χ0) is 19.2. The van der Waals surface area contributed by atoms with Gasteiger partial charge in [0.1, 0.15) is 17.5 Å². The molecule has 1 amide bonds. The fourth-order valence-electron chi connectivity index (χ4n) is 3.84. The van der Waals surface area contributed by atoms with Crippen LogP contribution in [0.5, 0.6) is 11.5 Å². The number of benzene rings is 2. The normalized spacial score (nSPS) is 18.9. The minimum atomic E-state index is 0.0497. The van der Waals surface area contributed by atoms with Crippen molar-refractivity contribution in [2.24, 2.45) is 0 Å². The van der Waals surface area contributed by atoms with Crippen LogP contribution in [0.1, 0.15) is 36.9 Å². The summed E-state index contributed by atoms with van der Waals surface area (Å²) in [6, 6.07) is 14.3. The number of carbonyl (C=O) groups is 1. The lowest BCUT2D eigenvalue weighted by Gasteiger charge is -2.23. The number of carbonyl (C=O) groups excluding carboxylic acids is 1. The fraction of sp³-hybridized carbons (Fsp3) is 0.409. The Morgan fingerprint density at radius 2 is 1.93 bits per heavy atom. The number of aryl methyl sites for hydroxylation is 1. The van der Waals surface area contributed by atoms with Gasteiger partial charge in [-0.1, -0.05) is 19.1 Å². The van der Waals surface area contributed by atoms with Crippen molar-refractivity contribution in [2.75, 3.05) is 32.6 Å². The molecule has 1 saturated heterocycles. The number of hydrogen-bond donors (Lipinski definition) is 2. The summed E-state index contributed by atoms with van der Waals surface area (Å²) in [7, 11) is 3.33. The number of nitrogens with one attached hydrogen (secondary N) is 2. The number of ether oxygens (including phenoxy) is 2. The molecular weight excluding hydrogens is 340 g/mol. The average molecular weight is 369 g/mol. The summed E-state index contributed by atoms with van der Waals surface area (Å²) in [4.78, 5) is 13.9. The highest BCUT2D eigenvalue weighted by Gasteiger charge is 2.33. The van der Waals surface area contributed by atoms with Crippen LogP contribution in [0.2, 0.25) is 0 Å². The molecule has 0 bridgehead atoms. The molecule has 2 N–H and O–H groups in total. The van der Waals surface area contributed by atoms with Crippen molar-refractivity contribution in [2.45, 2.75) is 32.2 Å². The van der Waals surface area contributed by atoms with Gasteiger partial charge in [-0.25, -0.2) is 0 Å². The van der Waals surface area contributed by atoms with E-state index >= 15 is 0 Å². The average Bonchev–Trinajstić information content (AvgIpc) is 3.15. The molecule has 0 aromatic heterocycles. The Bertz CT molecular complexity index is 774. The molecule has 144 valence electrons. The van der Waals surface area contributed by atoms with E-state index < -0.39 is 0 Å². The topological polar surface area (TPSA) is 52.0 Å². The highest BCUT2D eigenvalue weighted by Crippen LogP contribution is 2.31. The van der Waals surface area contributed by atoms with Crippen LogP contribution in [-0.2, 0) is 11.2 Å². The number of quaternary nitrogens is 1. The maximum Gasteiger partial charge on any atom is 0.279 e. The van der Waals surface area contributed by atoms with E-state index in [2.05, 4.69) is 30.4 Å². The van der Waals surface area contributed by atoms with Crippen molar-refractivity contribution in [1.82, 2.24) is 0 Å². The van der Waals surface area contributed by atoms with Gasteiger partial charge in [-0.3, -0.25) is 4.79 Å². The largest absolute Gasteiger partial charge is 0.497 e. The SMILES string of the molecule is CCc1ccc(NC(=O)C[NH+]2CCC[C@@H]2c2ccc(OC)cc2OC)cc1. The highest BCUT2D eigenvalue weighted by molar-refractivity contribution is 5.91. The van der Waals surface area contributed by atoms with Gasteiger partial charge in [0.25, 0.3) is 5.91 Å². The molecule has 1 fully saturated rings. The van der Waals surface area contributed by atoms with Crippen LogP contribution < -0.4 is 19.7 Å². The minimum absolute atomic E-state index is 0.0497. The van der Waals surface area contributed by atoms with Crippen molar-refractivity contribution in [1.29, 1.82) is 0 Å². The van der Waals surface area contributed by atoms with Crippen molar-refractivity contribution in [3.8, 4) is 11.5 Å². The summed E-state index contributed by atoms with van der Waals surface area (Å²) in [5.74, 6) is 1.66. The van der Waals surface area contributed by atoms with Gasteiger partial charge < -0.3 is 19.7 Å². The van der Waals surface area contributed by atoms with E-state index in [1.54, 1.807) is 14.2 Å². The molecule has 0 radical (unpaired) electrons. The van der Waals surface area contributed by atoms with Gasteiger partial charge in [-0.05, 0) is 36.2 Å². The Hall–Kier alpha value is -2.53. The number of amides is 1. The third-order valence-electron chi connectivity index (χ3n) is 5.33. The van der Waals surface area contributed by atoms with Crippen LogP contribution in [0.25, 0.3) is 0 Å². The zero-order valence-corrected chi connectivity index (χ0v) is 16.4. The van der Waals surface area contributed by atoms with E-state index in [1.165, 1.54) is 10.5 Å². The van der Waals surface area contributed by atoms with E-state index in [9.17, 15) is 4.79 Å². The molecule has 1 heterocycles. The molecule has 1 aliphatic heterocycles. The van der Waals surface area contributed by atoms with Gasteiger partial charge in [-0.15, -0.1) is 0 Å². The van der Waals surface area contributed by atoms with Crippen molar-refractivity contribution < 1.29 is 19.2 Å². The van der Waals surface area contributed by atoms with Crippen molar-refractivity contribution in [3.63, 3.8) is 0 Å². The fourth-order valence-corrected chi connectivity index (χ4v) is 3.84. The summed E-state index contributed by atoms with van der Waals surface area (Å²) in [5, 5.41) is 3.03. The van der Waals surface area contributed by atoms with Gasteiger partial charge in [-0.2, -0.15) is 0 Å². The van der Waals surface area contributed by atoms with Gasteiger partial charge in [0.05, 0.1) is 26.3 Å². The molecule has 0 aliphatic carbocycles. The molecule has 5 nitrogen and oxygen atoms in total. The Balaban J connectivity index is 1.68. The summed E-state index contributed by atoms with van der Waals surface area (Å²) in [5.41, 5.74) is 3.27. The summed E-state index contributed by atoms with van der Waals surface area (Å²) >= 11 is 0. The molecule has 1 aliphatic rings. The first-order valence-corrected chi connectivity index (χ1v) is 9.60. The van der Waals surface area contributed by atoms with E-state index in [0.29, 0.717) is 6.54 Å². The first-order valence-electron chi connectivity index (χ1n) is 9.60. The zero-order valence-electron chi connectivity index (χ0n) is 16.4. The van der Waals surface area contributed by atoms with Crippen LogP contribution in [0.15, 0.2) is 42.5 Å². The predicted octanol–water partition coefficient (Wildman–Crippen LogP) is 2.62. The van der Waals surface area contributed by atoms with Crippen LogP contribution in [0.3, 0.4) is 0 Å². The maximum absolute atomic E-state index is 12.6.